The van der Waals surface area contributed by atoms with Crippen molar-refractivity contribution in [1.29, 1.82) is 0 Å². The lowest BCUT2D eigenvalue weighted by Crippen LogP contribution is -2.41. The molecule has 1 saturated carbocycles. The molecule has 0 bridgehead atoms. The second kappa shape index (κ2) is 5.05. The van der Waals surface area contributed by atoms with Crippen LogP contribution in [0.15, 0.2) is 21.3 Å². The van der Waals surface area contributed by atoms with Gasteiger partial charge in [-0.2, -0.15) is 4.98 Å². The first-order valence-electron chi connectivity index (χ1n) is 7.30. The molecule has 0 aromatic carbocycles. The van der Waals surface area contributed by atoms with Gasteiger partial charge in [0.1, 0.15) is 0 Å². The molecule has 2 aromatic heterocycles. The highest BCUT2D eigenvalue weighted by molar-refractivity contribution is 5.49. The van der Waals surface area contributed by atoms with Crippen LogP contribution in [0.3, 0.4) is 0 Å². The molecule has 2 aromatic rings. The van der Waals surface area contributed by atoms with Gasteiger partial charge in [-0.3, -0.25) is 0 Å². The highest BCUT2D eigenvalue weighted by Crippen LogP contribution is 2.38. The molecule has 5 heteroatoms. The molecule has 0 radical (unpaired) electrons. The zero-order chi connectivity index (χ0) is 14.2. The highest BCUT2D eigenvalue weighted by atomic mass is 16.5. The van der Waals surface area contributed by atoms with Gasteiger partial charge in [0.25, 0.3) is 5.89 Å². The molecule has 1 fully saturated rings. The molecule has 3 rings (SSSR count). The number of rotatable bonds is 3. The Hall–Kier alpha value is -1.62. The first kappa shape index (κ1) is 13.4. The Balaban J connectivity index is 1.82. The van der Waals surface area contributed by atoms with E-state index < -0.39 is 5.54 Å². The Bertz CT molecular complexity index is 579. The molecule has 5 nitrogen and oxygen atoms in total. The van der Waals surface area contributed by atoms with Gasteiger partial charge < -0.3 is 14.7 Å². The Morgan fingerprint density at radius 1 is 1.40 bits per heavy atom. The van der Waals surface area contributed by atoms with Crippen LogP contribution in [0, 0.1) is 12.8 Å². The second-order valence-corrected chi connectivity index (χ2v) is 5.86. The van der Waals surface area contributed by atoms with E-state index in [1.54, 1.807) is 6.26 Å². The number of aromatic nitrogens is 2. The van der Waals surface area contributed by atoms with Crippen LogP contribution in [0.2, 0.25) is 0 Å². The van der Waals surface area contributed by atoms with Gasteiger partial charge in [-0.15, -0.1) is 0 Å². The van der Waals surface area contributed by atoms with Crippen molar-refractivity contribution in [3.63, 3.8) is 0 Å². The summed E-state index contributed by atoms with van der Waals surface area (Å²) in [4.78, 5) is 4.46. The zero-order valence-corrected chi connectivity index (χ0v) is 12.1. The summed E-state index contributed by atoms with van der Waals surface area (Å²) in [5.74, 6) is 2.45. The van der Waals surface area contributed by atoms with Gasteiger partial charge in [-0.1, -0.05) is 18.5 Å². The van der Waals surface area contributed by atoms with Crippen molar-refractivity contribution in [2.45, 2.75) is 51.5 Å². The van der Waals surface area contributed by atoms with Crippen LogP contribution in [-0.4, -0.2) is 10.1 Å². The minimum Gasteiger partial charge on any atom is -0.459 e. The first-order chi connectivity index (χ1) is 9.62. The van der Waals surface area contributed by atoms with Crippen molar-refractivity contribution in [2.75, 3.05) is 0 Å². The van der Waals surface area contributed by atoms with Crippen LogP contribution in [0.1, 0.15) is 50.4 Å². The molecule has 1 aliphatic rings. The first-order valence-corrected chi connectivity index (χ1v) is 7.30. The third kappa shape index (κ3) is 2.26. The number of nitrogens with zero attached hydrogens (tertiary/aromatic N) is 2. The average Bonchev–Trinajstić information content (AvgIpc) is 3.08. The summed E-state index contributed by atoms with van der Waals surface area (Å²) in [5.41, 5.74) is 7.02. The SMILES string of the molecule is CCC1CCC(N)(c2noc(-c3occc3C)n2)CC1. The molecule has 0 saturated heterocycles. The number of hydrogen-bond donors (Lipinski definition) is 1. The van der Waals surface area contributed by atoms with Crippen LogP contribution in [0.5, 0.6) is 0 Å². The second-order valence-electron chi connectivity index (χ2n) is 5.86. The van der Waals surface area contributed by atoms with Crippen molar-refractivity contribution in [3.05, 3.63) is 23.7 Å². The molecule has 0 unspecified atom stereocenters. The lowest BCUT2D eigenvalue weighted by Gasteiger charge is -2.34. The summed E-state index contributed by atoms with van der Waals surface area (Å²) >= 11 is 0. The summed E-state index contributed by atoms with van der Waals surface area (Å²) in [6.45, 7) is 4.19. The van der Waals surface area contributed by atoms with E-state index in [9.17, 15) is 0 Å². The topological polar surface area (TPSA) is 78.1 Å². The van der Waals surface area contributed by atoms with E-state index in [0.29, 0.717) is 17.5 Å². The zero-order valence-electron chi connectivity index (χ0n) is 12.1. The third-order valence-electron chi connectivity index (χ3n) is 4.50. The highest BCUT2D eigenvalue weighted by Gasteiger charge is 2.37. The van der Waals surface area contributed by atoms with E-state index in [-0.39, 0.29) is 0 Å². The summed E-state index contributed by atoms with van der Waals surface area (Å²) in [7, 11) is 0. The van der Waals surface area contributed by atoms with Crippen LogP contribution >= 0.6 is 0 Å². The van der Waals surface area contributed by atoms with Gasteiger partial charge in [0.2, 0.25) is 0 Å². The number of furan rings is 1. The summed E-state index contributed by atoms with van der Waals surface area (Å²) < 4.78 is 10.7. The van der Waals surface area contributed by atoms with Crippen molar-refractivity contribution >= 4 is 0 Å². The number of nitrogens with two attached hydrogens (primary N) is 1. The monoisotopic (exact) mass is 275 g/mol. The lowest BCUT2D eigenvalue weighted by atomic mass is 9.76. The van der Waals surface area contributed by atoms with Crippen LogP contribution in [0.4, 0.5) is 0 Å². The summed E-state index contributed by atoms with van der Waals surface area (Å²) in [6.07, 6.45) is 6.95. The Morgan fingerprint density at radius 2 is 2.15 bits per heavy atom. The van der Waals surface area contributed by atoms with Crippen molar-refractivity contribution in [3.8, 4) is 11.7 Å². The molecule has 20 heavy (non-hydrogen) atoms. The van der Waals surface area contributed by atoms with E-state index in [0.717, 1.165) is 37.2 Å². The molecule has 0 aliphatic heterocycles. The predicted octanol–water partition coefficient (Wildman–Crippen LogP) is 3.39. The normalized spacial score (nSPS) is 26.9. The van der Waals surface area contributed by atoms with Crippen LogP contribution in [0.25, 0.3) is 11.7 Å². The molecule has 2 N–H and O–H groups in total. The predicted molar refractivity (Wildman–Crippen MR) is 74.9 cm³/mol. The van der Waals surface area contributed by atoms with Crippen LogP contribution in [-0.2, 0) is 5.54 Å². The largest absolute Gasteiger partial charge is 0.459 e. The fraction of sp³-hybridized carbons (Fsp3) is 0.600. The van der Waals surface area contributed by atoms with Gasteiger partial charge in [-0.25, -0.2) is 0 Å². The quantitative estimate of drug-likeness (QED) is 0.928. The van der Waals surface area contributed by atoms with E-state index in [4.69, 9.17) is 14.7 Å². The fourth-order valence-corrected chi connectivity index (χ4v) is 2.93. The molecule has 0 amide bonds. The smallest absolute Gasteiger partial charge is 0.293 e. The van der Waals surface area contributed by atoms with Gasteiger partial charge in [0, 0.05) is 5.56 Å². The third-order valence-corrected chi connectivity index (χ3v) is 4.50. The Morgan fingerprint density at radius 3 is 2.75 bits per heavy atom. The molecule has 108 valence electrons. The standard InChI is InChI=1S/C15H21N3O2/c1-3-11-4-7-15(16,8-5-11)14-17-13(20-18-14)12-10(2)6-9-19-12/h6,9,11H,3-5,7-8,16H2,1-2H3. The maximum absolute atomic E-state index is 6.49. The average molecular weight is 275 g/mol. The van der Waals surface area contributed by atoms with E-state index in [2.05, 4.69) is 17.1 Å². The van der Waals surface area contributed by atoms with E-state index in [1.165, 1.54) is 6.42 Å². The molecular formula is C15H21N3O2. The lowest BCUT2D eigenvalue weighted by molar-refractivity contribution is 0.216. The maximum atomic E-state index is 6.49. The van der Waals surface area contributed by atoms with Crippen molar-refractivity contribution in [1.82, 2.24) is 10.1 Å². The Kier molecular flexibility index (Phi) is 3.38. The van der Waals surface area contributed by atoms with Crippen molar-refractivity contribution < 1.29 is 8.94 Å². The Labute approximate surface area is 118 Å². The van der Waals surface area contributed by atoms with Crippen molar-refractivity contribution in [2.24, 2.45) is 11.7 Å². The summed E-state index contributed by atoms with van der Waals surface area (Å²) in [6, 6.07) is 1.88. The van der Waals surface area contributed by atoms with Gasteiger partial charge in [-0.05, 0) is 44.6 Å². The number of hydrogen-bond acceptors (Lipinski definition) is 5. The van der Waals surface area contributed by atoms with Gasteiger partial charge >= 0.3 is 0 Å². The molecular weight excluding hydrogens is 254 g/mol. The van der Waals surface area contributed by atoms with E-state index >= 15 is 0 Å². The fourth-order valence-electron chi connectivity index (χ4n) is 2.93. The number of aryl methyl sites for hydroxylation is 1. The maximum Gasteiger partial charge on any atom is 0.293 e. The molecule has 2 heterocycles. The molecule has 1 aliphatic carbocycles. The van der Waals surface area contributed by atoms with E-state index in [1.807, 2.05) is 13.0 Å². The van der Waals surface area contributed by atoms with Gasteiger partial charge in [0.05, 0.1) is 11.8 Å². The molecule has 0 atom stereocenters. The minimum atomic E-state index is -0.450. The van der Waals surface area contributed by atoms with Gasteiger partial charge in [0.15, 0.2) is 11.6 Å². The summed E-state index contributed by atoms with van der Waals surface area (Å²) in [5, 5.41) is 4.09. The molecule has 0 spiro atoms. The minimum absolute atomic E-state index is 0.421. The van der Waals surface area contributed by atoms with Crippen LogP contribution < -0.4 is 5.73 Å².